The van der Waals surface area contributed by atoms with Gasteiger partial charge in [0.2, 0.25) is 11.8 Å². The average molecular weight is 542 g/mol. The Balaban J connectivity index is 1.99. The topological polar surface area (TPSA) is 86.8 Å². The predicted molar refractivity (Wildman–Crippen MR) is 147 cm³/mol. The molecule has 3 rings (SSSR count). The molecule has 37 heavy (non-hydrogen) atoms. The van der Waals surface area contributed by atoms with E-state index in [2.05, 4.69) is 5.32 Å². The second-order valence-electron chi connectivity index (χ2n) is 8.81. The van der Waals surface area contributed by atoms with Crippen molar-refractivity contribution in [2.45, 2.75) is 50.7 Å². The Kier molecular flexibility index (Phi) is 9.72. The van der Waals surface area contributed by atoms with Gasteiger partial charge in [0.05, 0.1) is 10.6 Å². The van der Waals surface area contributed by atoms with E-state index >= 15 is 0 Å². The van der Waals surface area contributed by atoms with Gasteiger partial charge in [-0.2, -0.15) is 0 Å². The van der Waals surface area contributed by atoms with E-state index in [4.69, 9.17) is 11.6 Å². The highest BCUT2D eigenvalue weighted by molar-refractivity contribution is 7.92. The normalized spacial score (nSPS) is 12.9. The van der Waals surface area contributed by atoms with Crippen LogP contribution in [0.5, 0.6) is 0 Å². The Morgan fingerprint density at radius 3 is 2.14 bits per heavy atom. The van der Waals surface area contributed by atoms with Gasteiger partial charge in [-0.05, 0) is 62.2 Å². The van der Waals surface area contributed by atoms with Gasteiger partial charge >= 0.3 is 0 Å². The molecule has 0 aliphatic carbocycles. The van der Waals surface area contributed by atoms with E-state index in [9.17, 15) is 18.0 Å². The summed E-state index contributed by atoms with van der Waals surface area (Å²) in [5.41, 5.74) is 1.07. The lowest BCUT2D eigenvalue weighted by molar-refractivity contribution is -0.139. The van der Waals surface area contributed by atoms with Gasteiger partial charge in [0.25, 0.3) is 10.0 Å². The lowest BCUT2D eigenvalue weighted by Gasteiger charge is -2.32. The zero-order valence-corrected chi connectivity index (χ0v) is 22.7. The van der Waals surface area contributed by atoms with Crippen LogP contribution in [-0.4, -0.2) is 43.8 Å². The summed E-state index contributed by atoms with van der Waals surface area (Å²) in [7, 11) is -4.07. The van der Waals surface area contributed by atoms with Gasteiger partial charge in [0, 0.05) is 17.6 Å². The molecular formula is C28H32ClN3O4S. The van der Waals surface area contributed by atoms with Crippen molar-refractivity contribution < 1.29 is 18.0 Å². The molecule has 0 aliphatic heterocycles. The number of hydrogen-bond donors (Lipinski definition) is 1. The van der Waals surface area contributed by atoms with Crippen molar-refractivity contribution >= 4 is 39.1 Å². The van der Waals surface area contributed by atoms with E-state index in [-0.39, 0.29) is 23.4 Å². The van der Waals surface area contributed by atoms with Crippen LogP contribution in [-0.2, 0) is 26.2 Å². The van der Waals surface area contributed by atoms with Crippen LogP contribution in [0.3, 0.4) is 0 Å². The highest BCUT2D eigenvalue weighted by Gasteiger charge is 2.32. The minimum absolute atomic E-state index is 0.0654. The number of rotatable bonds is 11. The first-order chi connectivity index (χ1) is 17.6. The molecule has 0 saturated carbocycles. The van der Waals surface area contributed by atoms with Crippen LogP contribution in [0.25, 0.3) is 0 Å². The minimum Gasteiger partial charge on any atom is -0.352 e. The van der Waals surface area contributed by atoms with Gasteiger partial charge < -0.3 is 10.2 Å². The Hall–Kier alpha value is -3.36. The van der Waals surface area contributed by atoms with E-state index < -0.39 is 28.5 Å². The maximum atomic E-state index is 13.8. The Bertz CT molecular complexity index is 1300. The summed E-state index contributed by atoms with van der Waals surface area (Å²) in [4.78, 5) is 28.3. The highest BCUT2D eigenvalue weighted by Crippen LogP contribution is 2.24. The van der Waals surface area contributed by atoms with Gasteiger partial charge in [-0.15, -0.1) is 0 Å². The molecule has 2 atom stereocenters. The number of benzene rings is 3. The van der Waals surface area contributed by atoms with Gasteiger partial charge in [-0.1, -0.05) is 67.1 Å². The molecule has 0 radical (unpaired) electrons. The molecular weight excluding hydrogens is 510 g/mol. The lowest BCUT2D eigenvalue weighted by Crippen LogP contribution is -2.52. The standard InChI is InChI=1S/C28H32ClN3O4S/c1-4-21(2)30-28(34)22(3)31(19-23-12-11-13-24(29)18-23)27(33)20-32(25-14-7-5-8-15-25)37(35,36)26-16-9-6-10-17-26/h5-18,21-22H,4,19-20H2,1-3H3,(H,30,34)/t21-,22-/m0/s1. The highest BCUT2D eigenvalue weighted by atomic mass is 35.5. The van der Waals surface area contributed by atoms with E-state index in [1.165, 1.54) is 17.0 Å². The SMILES string of the molecule is CC[C@H](C)NC(=O)[C@H](C)N(Cc1cccc(Cl)c1)C(=O)CN(c1ccccc1)S(=O)(=O)c1ccccc1. The number of nitrogens with zero attached hydrogens (tertiary/aromatic N) is 2. The molecule has 0 aromatic heterocycles. The third-order valence-electron chi connectivity index (χ3n) is 6.06. The molecule has 1 N–H and O–H groups in total. The third kappa shape index (κ3) is 7.33. The fourth-order valence-electron chi connectivity index (χ4n) is 3.72. The molecule has 196 valence electrons. The Morgan fingerprint density at radius 2 is 1.54 bits per heavy atom. The zero-order valence-electron chi connectivity index (χ0n) is 21.2. The van der Waals surface area contributed by atoms with Crippen LogP contribution < -0.4 is 9.62 Å². The molecule has 0 bridgehead atoms. The van der Waals surface area contributed by atoms with Crippen LogP contribution in [0.15, 0.2) is 89.8 Å². The maximum Gasteiger partial charge on any atom is 0.264 e. The van der Waals surface area contributed by atoms with Crippen LogP contribution in [0.1, 0.15) is 32.8 Å². The molecule has 0 spiro atoms. The number of carbonyl (C=O) groups is 2. The molecule has 7 nitrogen and oxygen atoms in total. The summed E-state index contributed by atoms with van der Waals surface area (Å²) in [5.74, 6) is -0.836. The van der Waals surface area contributed by atoms with Crippen LogP contribution in [0, 0.1) is 0 Å². The van der Waals surface area contributed by atoms with Crippen molar-refractivity contribution in [2.24, 2.45) is 0 Å². The van der Waals surface area contributed by atoms with E-state index in [1.54, 1.807) is 79.7 Å². The number of para-hydroxylation sites is 1. The summed E-state index contributed by atoms with van der Waals surface area (Å²) in [6.07, 6.45) is 0.734. The third-order valence-corrected chi connectivity index (χ3v) is 8.09. The molecule has 0 saturated heterocycles. The number of carbonyl (C=O) groups excluding carboxylic acids is 2. The number of amides is 2. The van der Waals surface area contributed by atoms with Crippen molar-refractivity contribution in [3.63, 3.8) is 0 Å². The van der Waals surface area contributed by atoms with Gasteiger partial charge in [0.15, 0.2) is 0 Å². The predicted octanol–water partition coefficient (Wildman–Crippen LogP) is 4.87. The number of nitrogens with one attached hydrogen (secondary N) is 1. The smallest absolute Gasteiger partial charge is 0.264 e. The zero-order chi connectivity index (χ0) is 27.0. The average Bonchev–Trinajstić information content (AvgIpc) is 2.90. The van der Waals surface area contributed by atoms with Crippen molar-refractivity contribution in [1.82, 2.24) is 10.2 Å². The molecule has 0 aliphatic rings. The van der Waals surface area contributed by atoms with Crippen molar-refractivity contribution in [3.05, 3.63) is 95.5 Å². The van der Waals surface area contributed by atoms with E-state index in [0.29, 0.717) is 10.7 Å². The first kappa shape index (κ1) is 28.2. The summed E-state index contributed by atoms with van der Waals surface area (Å²) < 4.78 is 28.4. The van der Waals surface area contributed by atoms with Gasteiger partial charge in [-0.3, -0.25) is 13.9 Å². The van der Waals surface area contributed by atoms with Crippen molar-refractivity contribution in [2.75, 3.05) is 10.8 Å². The molecule has 0 unspecified atom stereocenters. The van der Waals surface area contributed by atoms with Crippen molar-refractivity contribution in [1.29, 1.82) is 0 Å². The van der Waals surface area contributed by atoms with E-state index in [1.807, 2.05) is 13.8 Å². The molecule has 2 amide bonds. The quantitative estimate of drug-likeness (QED) is 0.375. The van der Waals surface area contributed by atoms with Crippen LogP contribution in [0.2, 0.25) is 5.02 Å². The molecule has 3 aromatic carbocycles. The lowest BCUT2D eigenvalue weighted by atomic mass is 10.1. The summed E-state index contributed by atoms with van der Waals surface area (Å²) in [6, 6.07) is 22.5. The summed E-state index contributed by atoms with van der Waals surface area (Å²) in [5, 5.41) is 3.41. The summed E-state index contributed by atoms with van der Waals surface area (Å²) in [6.45, 7) is 5.08. The first-order valence-corrected chi connectivity index (χ1v) is 13.9. The maximum absolute atomic E-state index is 13.8. The molecule has 9 heteroatoms. The number of sulfonamides is 1. The number of anilines is 1. The minimum atomic E-state index is -4.07. The summed E-state index contributed by atoms with van der Waals surface area (Å²) >= 11 is 6.16. The Labute approximate surface area is 224 Å². The fraction of sp³-hybridized carbons (Fsp3) is 0.286. The number of hydrogen-bond acceptors (Lipinski definition) is 4. The van der Waals surface area contributed by atoms with Crippen molar-refractivity contribution in [3.8, 4) is 0 Å². The van der Waals surface area contributed by atoms with Gasteiger partial charge in [-0.25, -0.2) is 8.42 Å². The number of halogens is 1. The van der Waals surface area contributed by atoms with Gasteiger partial charge in [0.1, 0.15) is 12.6 Å². The first-order valence-electron chi connectivity index (χ1n) is 12.1. The fourth-order valence-corrected chi connectivity index (χ4v) is 5.37. The second-order valence-corrected chi connectivity index (χ2v) is 11.1. The van der Waals surface area contributed by atoms with Crippen LogP contribution in [0.4, 0.5) is 5.69 Å². The largest absolute Gasteiger partial charge is 0.352 e. The monoisotopic (exact) mass is 541 g/mol. The second kappa shape index (κ2) is 12.7. The molecule has 0 fully saturated rings. The van der Waals surface area contributed by atoms with Crippen LogP contribution >= 0.6 is 11.6 Å². The van der Waals surface area contributed by atoms with E-state index in [0.717, 1.165) is 16.3 Å². The molecule has 3 aromatic rings. The Morgan fingerprint density at radius 1 is 0.919 bits per heavy atom. The molecule has 0 heterocycles.